The first-order chi connectivity index (χ1) is 16.3. The molecule has 1 aliphatic carbocycles. The van der Waals surface area contributed by atoms with Gasteiger partial charge in [0.15, 0.2) is 0 Å². The van der Waals surface area contributed by atoms with E-state index in [-0.39, 0.29) is 44.0 Å². The highest BCUT2D eigenvalue weighted by Gasteiger charge is 2.35. The molecule has 34 heavy (non-hydrogen) atoms. The summed E-state index contributed by atoms with van der Waals surface area (Å²) in [5.41, 5.74) is 2.59. The minimum absolute atomic E-state index is 0.185. The topological polar surface area (TPSA) is 93.9 Å². The minimum Gasteiger partial charge on any atom is -0.310 e. The van der Waals surface area contributed by atoms with E-state index in [4.69, 9.17) is 5.26 Å². The van der Waals surface area contributed by atoms with E-state index in [2.05, 4.69) is 20.5 Å². The van der Waals surface area contributed by atoms with Crippen LogP contribution in [0.2, 0.25) is 0 Å². The van der Waals surface area contributed by atoms with Crippen molar-refractivity contribution in [2.45, 2.75) is 44.1 Å². The number of hydrogen-bond donors (Lipinski definition) is 2. The maximum atomic E-state index is 13.6. The third-order valence-corrected chi connectivity index (χ3v) is 5.67. The summed E-state index contributed by atoms with van der Waals surface area (Å²) in [6, 6.07) is 15.6. The number of nitrogens with zero attached hydrogens (tertiary/aromatic N) is 3. The van der Waals surface area contributed by atoms with Crippen LogP contribution in [0.4, 0.5) is 13.2 Å². The Labute approximate surface area is 194 Å². The second-order valence-electron chi connectivity index (χ2n) is 8.27. The number of alkyl halides is 2. The molecule has 1 heterocycles. The predicted molar refractivity (Wildman–Crippen MR) is 121 cm³/mol. The fraction of sp³-hybridized carbons (Fsp3) is 0.280. The molecule has 0 unspecified atom stereocenters. The zero-order valence-electron chi connectivity index (χ0n) is 18.2. The van der Waals surface area contributed by atoms with Crippen molar-refractivity contribution in [3.05, 3.63) is 77.2 Å². The Bertz CT molecular complexity index is 1230. The maximum absolute atomic E-state index is 13.6. The van der Waals surface area contributed by atoms with Crippen molar-refractivity contribution in [3.63, 3.8) is 0 Å². The van der Waals surface area contributed by atoms with Gasteiger partial charge in [0.2, 0.25) is 5.92 Å². The van der Waals surface area contributed by atoms with Crippen molar-refractivity contribution >= 4 is 11.7 Å². The Morgan fingerprint density at radius 1 is 1.18 bits per heavy atom. The SMILES string of the molecule is N#Cc1cccc(C(=O)NC(Cc2cc(-c3ccc(F)cc3)n[nH]2)=NC2CCC(F)(F)CC2)c1. The summed E-state index contributed by atoms with van der Waals surface area (Å²) in [6.45, 7) is 0. The average Bonchev–Trinajstić information content (AvgIpc) is 3.29. The molecule has 1 saturated carbocycles. The summed E-state index contributed by atoms with van der Waals surface area (Å²) in [5.74, 6) is -3.16. The van der Waals surface area contributed by atoms with Gasteiger partial charge in [0.05, 0.1) is 23.4 Å². The van der Waals surface area contributed by atoms with Gasteiger partial charge in [-0.25, -0.2) is 13.2 Å². The number of benzene rings is 2. The fourth-order valence-electron chi connectivity index (χ4n) is 3.83. The van der Waals surface area contributed by atoms with Crippen LogP contribution < -0.4 is 5.32 Å². The zero-order valence-corrected chi connectivity index (χ0v) is 18.2. The molecule has 1 aromatic heterocycles. The van der Waals surface area contributed by atoms with Gasteiger partial charge in [-0.05, 0) is 61.4 Å². The van der Waals surface area contributed by atoms with Crippen LogP contribution in [0.15, 0.2) is 59.6 Å². The van der Waals surface area contributed by atoms with E-state index in [0.717, 1.165) is 0 Å². The van der Waals surface area contributed by atoms with E-state index < -0.39 is 11.8 Å². The lowest BCUT2D eigenvalue weighted by atomic mass is 9.92. The number of aromatic nitrogens is 2. The molecule has 0 aliphatic heterocycles. The van der Waals surface area contributed by atoms with Crippen molar-refractivity contribution in [1.29, 1.82) is 5.26 Å². The van der Waals surface area contributed by atoms with Gasteiger partial charge >= 0.3 is 0 Å². The standard InChI is InChI=1S/C25H22F3N5O/c26-19-6-4-17(5-7-19)22-13-21(32-33-22)14-23(30-20-8-10-25(27,28)11-9-20)31-24(34)18-3-1-2-16(12-18)15-29/h1-7,12-13,20H,8-11,14H2,(H,32,33)(H,30,31,34). The number of amidine groups is 1. The summed E-state index contributed by atoms with van der Waals surface area (Å²) in [7, 11) is 0. The molecule has 0 bridgehead atoms. The van der Waals surface area contributed by atoms with Crippen LogP contribution in [-0.4, -0.2) is 33.9 Å². The van der Waals surface area contributed by atoms with E-state index in [1.807, 2.05) is 6.07 Å². The lowest BCUT2D eigenvalue weighted by Gasteiger charge is -2.26. The molecule has 1 fully saturated rings. The molecule has 3 aromatic rings. The van der Waals surface area contributed by atoms with Gasteiger partial charge in [0.1, 0.15) is 11.7 Å². The summed E-state index contributed by atoms with van der Waals surface area (Å²) < 4.78 is 40.4. The molecule has 0 spiro atoms. The molecule has 2 aromatic carbocycles. The Morgan fingerprint density at radius 2 is 1.91 bits per heavy atom. The molecule has 2 N–H and O–H groups in total. The first-order valence-electron chi connectivity index (χ1n) is 10.9. The predicted octanol–water partition coefficient (Wildman–Crippen LogP) is 5.04. The van der Waals surface area contributed by atoms with Gasteiger partial charge in [-0.3, -0.25) is 14.9 Å². The number of H-pyrrole nitrogens is 1. The second kappa shape index (κ2) is 9.91. The first kappa shape index (κ1) is 23.2. The number of aliphatic imine (C=N–C) groups is 1. The van der Waals surface area contributed by atoms with Gasteiger partial charge < -0.3 is 5.32 Å². The van der Waals surface area contributed by atoms with Gasteiger partial charge in [-0.15, -0.1) is 0 Å². The van der Waals surface area contributed by atoms with Crippen molar-refractivity contribution < 1.29 is 18.0 Å². The third-order valence-electron chi connectivity index (χ3n) is 5.67. The highest BCUT2D eigenvalue weighted by atomic mass is 19.3. The van der Waals surface area contributed by atoms with Gasteiger partial charge in [-0.1, -0.05) is 6.07 Å². The molecular formula is C25H22F3N5O. The Morgan fingerprint density at radius 3 is 2.62 bits per heavy atom. The summed E-state index contributed by atoms with van der Waals surface area (Å²) in [6.07, 6.45) is 0.141. The maximum Gasteiger partial charge on any atom is 0.256 e. The van der Waals surface area contributed by atoms with Crippen LogP contribution in [0.3, 0.4) is 0 Å². The molecule has 6 nitrogen and oxygen atoms in total. The van der Waals surface area contributed by atoms with Crippen LogP contribution in [0.25, 0.3) is 11.3 Å². The van der Waals surface area contributed by atoms with Crippen LogP contribution in [0, 0.1) is 17.1 Å². The van der Waals surface area contributed by atoms with E-state index in [0.29, 0.717) is 33.9 Å². The van der Waals surface area contributed by atoms with Crippen LogP contribution in [0.5, 0.6) is 0 Å². The Balaban J connectivity index is 1.55. The number of carbonyl (C=O) groups is 1. The number of amides is 1. The van der Waals surface area contributed by atoms with Crippen molar-refractivity contribution in [3.8, 4) is 17.3 Å². The molecule has 0 atom stereocenters. The number of rotatable bonds is 5. The number of nitriles is 1. The highest BCUT2D eigenvalue weighted by Crippen LogP contribution is 2.34. The van der Waals surface area contributed by atoms with Crippen molar-refractivity contribution in [2.75, 3.05) is 0 Å². The molecule has 174 valence electrons. The van der Waals surface area contributed by atoms with E-state index in [1.54, 1.807) is 36.4 Å². The number of hydrogen-bond acceptors (Lipinski definition) is 4. The number of nitrogens with one attached hydrogen (secondary N) is 2. The lowest BCUT2D eigenvalue weighted by molar-refractivity contribution is -0.0374. The van der Waals surface area contributed by atoms with Crippen molar-refractivity contribution in [2.24, 2.45) is 4.99 Å². The molecule has 1 amide bonds. The third kappa shape index (κ3) is 5.90. The number of halogens is 3. The average molecular weight is 465 g/mol. The zero-order chi connectivity index (χ0) is 24.1. The summed E-state index contributed by atoms with van der Waals surface area (Å²) in [4.78, 5) is 17.4. The normalized spacial score (nSPS) is 16.1. The number of aromatic amines is 1. The van der Waals surface area contributed by atoms with E-state index in [9.17, 15) is 18.0 Å². The highest BCUT2D eigenvalue weighted by molar-refractivity contribution is 6.07. The van der Waals surface area contributed by atoms with Gasteiger partial charge in [-0.2, -0.15) is 10.4 Å². The first-order valence-corrected chi connectivity index (χ1v) is 10.9. The quantitative estimate of drug-likeness (QED) is 0.409. The molecule has 0 saturated heterocycles. The molecule has 4 rings (SSSR count). The smallest absolute Gasteiger partial charge is 0.256 e. The minimum atomic E-state index is -2.68. The summed E-state index contributed by atoms with van der Waals surface area (Å²) >= 11 is 0. The molecule has 9 heteroatoms. The van der Waals surface area contributed by atoms with E-state index >= 15 is 0 Å². The van der Waals surface area contributed by atoms with Crippen LogP contribution in [-0.2, 0) is 6.42 Å². The van der Waals surface area contributed by atoms with Crippen LogP contribution in [0.1, 0.15) is 47.3 Å². The molecule has 0 radical (unpaired) electrons. The Hall–Kier alpha value is -3.93. The lowest BCUT2D eigenvalue weighted by Crippen LogP contribution is -2.35. The van der Waals surface area contributed by atoms with Gasteiger partial charge in [0.25, 0.3) is 5.91 Å². The summed E-state index contributed by atoms with van der Waals surface area (Å²) in [5, 5.41) is 19.0. The van der Waals surface area contributed by atoms with Gasteiger partial charge in [0, 0.05) is 36.1 Å². The largest absolute Gasteiger partial charge is 0.310 e. The monoisotopic (exact) mass is 465 g/mol. The molecular weight excluding hydrogens is 443 g/mol. The van der Waals surface area contributed by atoms with Crippen molar-refractivity contribution in [1.82, 2.24) is 15.5 Å². The molecule has 1 aliphatic rings. The van der Waals surface area contributed by atoms with E-state index in [1.165, 1.54) is 18.2 Å². The number of carbonyl (C=O) groups excluding carboxylic acids is 1. The fourth-order valence-corrected chi connectivity index (χ4v) is 3.83. The second-order valence-corrected chi connectivity index (χ2v) is 8.27. The van der Waals surface area contributed by atoms with Crippen LogP contribution >= 0.6 is 0 Å². The Kier molecular flexibility index (Phi) is 6.77.